The highest BCUT2D eigenvalue weighted by atomic mass is 16.5. The lowest BCUT2D eigenvalue weighted by Gasteiger charge is -2.36. The van der Waals surface area contributed by atoms with Gasteiger partial charge in [-0.1, -0.05) is 12.1 Å². The number of carbonyl (C=O) groups is 1. The van der Waals surface area contributed by atoms with Gasteiger partial charge < -0.3 is 9.64 Å². The molecule has 2 aromatic rings. The molecule has 2 saturated heterocycles. The van der Waals surface area contributed by atoms with E-state index in [2.05, 4.69) is 14.9 Å². The average Bonchev–Trinajstić information content (AvgIpc) is 2.75. The van der Waals surface area contributed by atoms with E-state index in [1.54, 1.807) is 18.6 Å². The number of carbonyl (C=O) groups excluding carboxylic acids is 1. The number of aromatic nitrogens is 2. The predicted molar refractivity (Wildman–Crippen MR) is 103 cm³/mol. The number of nitrogens with zero attached hydrogens (tertiary/aromatic N) is 4. The van der Waals surface area contributed by atoms with E-state index in [0.717, 1.165) is 69.2 Å². The quantitative estimate of drug-likeness (QED) is 0.831. The number of ether oxygens (including phenoxy) is 1. The molecule has 2 aliphatic heterocycles. The van der Waals surface area contributed by atoms with Crippen LogP contribution in [0.25, 0.3) is 11.3 Å². The Hall–Kier alpha value is -2.31. The van der Waals surface area contributed by atoms with Gasteiger partial charge in [-0.3, -0.25) is 19.7 Å². The van der Waals surface area contributed by atoms with Gasteiger partial charge in [0.2, 0.25) is 0 Å². The molecule has 4 rings (SSSR count). The van der Waals surface area contributed by atoms with Crippen molar-refractivity contribution >= 4 is 5.91 Å². The number of hydrogen-bond donors (Lipinski definition) is 0. The number of hydrogen-bond acceptors (Lipinski definition) is 5. The molecule has 1 amide bonds. The van der Waals surface area contributed by atoms with Crippen molar-refractivity contribution in [3.8, 4) is 11.3 Å². The summed E-state index contributed by atoms with van der Waals surface area (Å²) in [4.78, 5) is 26.0. The molecule has 2 fully saturated rings. The molecule has 1 unspecified atom stereocenters. The first-order valence-corrected chi connectivity index (χ1v) is 9.75. The van der Waals surface area contributed by atoms with Crippen LogP contribution in [0.1, 0.15) is 23.2 Å². The van der Waals surface area contributed by atoms with Gasteiger partial charge in [0.1, 0.15) is 0 Å². The van der Waals surface area contributed by atoms with Gasteiger partial charge in [-0.15, -0.1) is 0 Å². The third-order valence-electron chi connectivity index (χ3n) is 5.39. The maximum atomic E-state index is 13.1. The SMILES string of the molecule is O=C(c1cccc(-c2cnccn2)c1)N1CCCC(CN2CCOCC2)C1. The van der Waals surface area contributed by atoms with E-state index in [9.17, 15) is 4.79 Å². The van der Waals surface area contributed by atoms with Gasteiger partial charge in [0.25, 0.3) is 5.91 Å². The Morgan fingerprint density at radius 1 is 1.19 bits per heavy atom. The zero-order chi connectivity index (χ0) is 18.5. The zero-order valence-electron chi connectivity index (χ0n) is 15.6. The van der Waals surface area contributed by atoms with Gasteiger partial charge in [-0.05, 0) is 30.9 Å². The first-order valence-electron chi connectivity index (χ1n) is 9.75. The lowest BCUT2D eigenvalue weighted by Crippen LogP contribution is -2.46. The summed E-state index contributed by atoms with van der Waals surface area (Å²) < 4.78 is 5.44. The molecular formula is C21H26N4O2. The molecule has 27 heavy (non-hydrogen) atoms. The molecule has 0 radical (unpaired) electrons. The van der Waals surface area contributed by atoms with Crippen LogP contribution in [0.4, 0.5) is 0 Å². The van der Waals surface area contributed by atoms with Crippen molar-refractivity contribution in [1.29, 1.82) is 0 Å². The minimum atomic E-state index is 0.118. The molecule has 0 spiro atoms. The van der Waals surface area contributed by atoms with Crippen LogP contribution in [-0.2, 0) is 4.74 Å². The van der Waals surface area contributed by atoms with Crippen LogP contribution in [0.3, 0.4) is 0 Å². The van der Waals surface area contributed by atoms with Crippen molar-refractivity contribution in [2.24, 2.45) is 5.92 Å². The van der Waals surface area contributed by atoms with Gasteiger partial charge in [0, 0.05) is 56.2 Å². The van der Waals surface area contributed by atoms with Crippen molar-refractivity contribution in [3.63, 3.8) is 0 Å². The zero-order valence-corrected chi connectivity index (χ0v) is 15.6. The summed E-state index contributed by atoms with van der Waals surface area (Å²) in [7, 11) is 0. The molecule has 0 N–H and O–H groups in total. The van der Waals surface area contributed by atoms with E-state index < -0.39 is 0 Å². The average molecular weight is 366 g/mol. The summed E-state index contributed by atoms with van der Waals surface area (Å²) >= 11 is 0. The normalized spacial score (nSPS) is 21.2. The van der Waals surface area contributed by atoms with E-state index >= 15 is 0 Å². The van der Waals surface area contributed by atoms with Gasteiger partial charge in [-0.25, -0.2) is 0 Å². The monoisotopic (exact) mass is 366 g/mol. The van der Waals surface area contributed by atoms with Crippen molar-refractivity contribution in [1.82, 2.24) is 19.8 Å². The van der Waals surface area contributed by atoms with Gasteiger partial charge in [0.15, 0.2) is 0 Å². The number of likely N-dealkylation sites (tertiary alicyclic amines) is 1. The molecule has 1 aromatic heterocycles. The van der Waals surface area contributed by atoms with Crippen LogP contribution >= 0.6 is 0 Å². The molecule has 6 heteroatoms. The number of rotatable bonds is 4. The lowest BCUT2D eigenvalue weighted by atomic mass is 9.96. The molecule has 2 aliphatic rings. The van der Waals surface area contributed by atoms with Crippen molar-refractivity contribution in [2.45, 2.75) is 12.8 Å². The molecule has 0 bridgehead atoms. The molecule has 3 heterocycles. The molecular weight excluding hydrogens is 340 g/mol. The molecule has 6 nitrogen and oxygen atoms in total. The summed E-state index contributed by atoms with van der Waals surface area (Å²) in [6.45, 7) is 6.40. The van der Waals surface area contributed by atoms with Crippen LogP contribution in [0.5, 0.6) is 0 Å². The summed E-state index contributed by atoms with van der Waals surface area (Å²) in [5, 5.41) is 0. The largest absolute Gasteiger partial charge is 0.379 e. The summed E-state index contributed by atoms with van der Waals surface area (Å²) in [5.41, 5.74) is 2.44. The first kappa shape index (κ1) is 18.1. The van der Waals surface area contributed by atoms with E-state index in [0.29, 0.717) is 5.92 Å². The van der Waals surface area contributed by atoms with Crippen molar-refractivity contribution in [3.05, 3.63) is 48.4 Å². The summed E-state index contributed by atoms with van der Waals surface area (Å²) in [6, 6.07) is 7.72. The Bertz CT molecular complexity index is 762. The minimum absolute atomic E-state index is 0.118. The van der Waals surface area contributed by atoms with Gasteiger partial charge in [-0.2, -0.15) is 0 Å². The fourth-order valence-electron chi connectivity index (χ4n) is 3.99. The number of morpholine rings is 1. The second-order valence-electron chi connectivity index (χ2n) is 7.34. The maximum Gasteiger partial charge on any atom is 0.253 e. The topological polar surface area (TPSA) is 58.6 Å². The van der Waals surface area contributed by atoms with E-state index in [1.807, 2.05) is 29.2 Å². The Morgan fingerprint density at radius 3 is 2.89 bits per heavy atom. The number of benzene rings is 1. The molecule has 142 valence electrons. The van der Waals surface area contributed by atoms with Crippen LogP contribution in [0.2, 0.25) is 0 Å². The second kappa shape index (κ2) is 8.59. The highest BCUT2D eigenvalue weighted by Crippen LogP contribution is 2.22. The third kappa shape index (κ3) is 4.51. The standard InChI is InChI=1S/C21H26N4O2/c26-21(19-5-1-4-18(13-19)20-14-22-6-7-23-20)25-8-2-3-17(16-25)15-24-9-11-27-12-10-24/h1,4-7,13-14,17H,2-3,8-12,15-16H2. The molecule has 0 aliphatic carbocycles. The highest BCUT2D eigenvalue weighted by Gasteiger charge is 2.26. The molecule has 1 atom stereocenters. The number of amides is 1. The summed E-state index contributed by atoms with van der Waals surface area (Å²) in [5.74, 6) is 0.663. The number of piperidine rings is 1. The maximum absolute atomic E-state index is 13.1. The van der Waals surface area contributed by atoms with E-state index in [4.69, 9.17) is 4.74 Å². The van der Waals surface area contributed by atoms with Crippen molar-refractivity contribution < 1.29 is 9.53 Å². The Labute approximate surface area is 160 Å². The Balaban J connectivity index is 1.43. The molecule has 0 saturated carbocycles. The fraction of sp³-hybridized carbons (Fsp3) is 0.476. The van der Waals surface area contributed by atoms with Crippen LogP contribution in [-0.4, -0.2) is 71.6 Å². The fourth-order valence-corrected chi connectivity index (χ4v) is 3.99. The first-order chi connectivity index (χ1) is 13.3. The van der Waals surface area contributed by atoms with Crippen LogP contribution < -0.4 is 0 Å². The van der Waals surface area contributed by atoms with Gasteiger partial charge in [0.05, 0.1) is 25.1 Å². The van der Waals surface area contributed by atoms with Crippen molar-refractivity contribution in [2.75, 3.05) is 45.9 Å². The Morgan fingerprint density at radius 2 is 2.07 bits per heavy atom. The van der Waals surface area contributed by atoms with E-state index in [-0.39, 0.29) is 5.91 Å². The summed E-state index contributed by atoms with van der Waals surface area (Å²) in [6.07, 6.45) is 7.32. The van der Waals surface area contributed by atoms with E-state index in [1.165, 1.54) is 6.42 Å². The predicted octanol–water partition coefficient (Wildman–Crippen LogP) is 2.33. The van der Waals surface area contributed by atoms with Crippen LogP contribution in [0.15, 0.2) is 42.9 Å². The minimum Gasteiger partial charge on any atom is -0.379 e. The Kier molecular flexibility index (Phi) is 5.75. The smallest absolute Gasteiger partial charge is 0.253 e. The highest BCUT2D eigenvalue weighted by molar-refractivity contribution is 5.95. The van der Waals surface area contributed by atoms with Crippen LogP contribution in [0, 0.1) is 5.92 Å². The second-order valence-corrected chi connectivity index (χ2v) is 7.34. The molecule has 1 aromatic carbocycles. The lowest BCUT2D eigenvalue weighted by molar-refractivity contribution is 0.0224. The van der Waals surface area contributed by atoms with Gasteiger partial charge >= 0.3 is 0 Å². The third-order valence-corrected chi connectivity index (χ3v) is 5.39.